The maximum absolute atomic E-state index is 12.3. The summed E-state index contributed by atoms with van der Waals surface area (Å²) in [6, 6.07) is 8.09. The van der Waals surface area contributed by atoms with Gasteiger partial charge in [0.2, 0.25) is 0 Å². The predicted octanol–water partition coefficient (Wildman–Crippen LogP) is 3.41. The van der Waals surface area contributed by atoms with Crippen LogP contribution in [0.25, 0.3) is 6.08 Å². The molecule has 0 spiro atoms. The van der Waals surface area contributed by atoms with E-state index in [1.54, 1.807) is 6.08 Å². The summed E-state index contributed by atoms with van der Waals surface area (Å²) in [4.78, 5) is 12.3. The molecule has 1 aromatic heterocycles. The molecule has 5 nitrogen and oxygen atoms in total. The third-order valence-electron chi connectivity index (χ3n) is 4.56. The van der Waals surface area contributed by atoms with Crippen LogP contribution >= 0.6 is 0 Å². The number of benzene rings is 1. The standard InChI is InChI=1S/C18H18N4O/c23-17-9-7-12-6-8-13-10-16(12)15(17)5-3-1-2-4-14-11-18(19-13)21-22-20-14/h6-11,15H,1-5H2,(H,19,20,21). The van der Waals surface area contributed by atoms with Gasteiger partial charge in [-0.2, -0.15) is 0 Å². The second kappa shape index (κ2) is 5.91. The maximum Gasteiger partial charge on any atom is 0.163 e. The quantitative estimate of drug-likeness (QED) is 0.808. The molecule has 0 amide bonds. The number of anilines is 2. The van der Waals surface area contributed by atoms with Crippen molar-refractivity contribution < 1.29 is 4.79 Å². The largest absolute Gasteiger partial charge is 0.339 e. The van der Waals surface area contributed by atoms with E-state index in [0.717, 1.165) is 54.6 Å². The van der Waals surface area contributed by atoms with Gasteiger partial charge in [0.1, 0.15) is 0 Å². The Morgan fingerprint density at radius 1 is 1.04 bits per heavy atom. The fourth-order valence-corrected chi connectivity index (χ4v) is 3.35. The van der Waals surface area contributed by atoms with Crippen molar-refractivity contribution in [3.05, 3.63) is 47.2 Å². The van der Waals surface area contributed by atoms with E-state index in [2.05, 4.69) is 32.9 Å². The minimum atomic E-state index is -0.0233. The van der Waals surface area contributed by atoms with Crippen LogP contribution in [0.4, 0.5) is 11.5 Å². The highest BCUT2D eigenvalue weighted by molar-refractivity contribution is 6.02. The van der Waals surface area contributed by atoms with E-state index in [1.807, 2.05) is 18.2 Å². The Labute approximate surface area is 134 Å². The van der Waals surface area contributed by atoms with Crippen molar-refractivity contribution in [2.24, 2.45) is 0 Å². The van der Waals surface area contributed by atoms with E-state index in [4.69, 9.17) is 0 Å². The Hall–Kier alpha value is -2.56. The Bertz CT molecular complexity index is 784. The summed E-state index contributed by atoms with van der Waals surface area (Å²) in [5.41, 5.74) is 4.14. The van der Waals surface area contributed by atoms with Gasteiger partial charge < -0.3 is 5.32 Å². The van der Waals surface area contributed by atoms with Crippen molar-refractivity contribution in [2.75, 3.05) is 5.32 Å². The van der Waals surface area contributed by atoms with Gasteiger partial charge in [0.05, 0.1) is 5.69 Å². The smallest absolute Gasteiger partial charge is 0.163 e. The van der Waals surface area contributed by atoms with Gasteiger partial charge >= 0.3 is 0 Å². The summed E-state index contributed by atoms with van der Waals surface area (Å²) < 4.78 is 0. The molecule has 116 valence electrons. The van der Waals surface area contributed by atoms with Gasteiger partial charge in [0.25, 0.3) is 0 Å². The Balaban J connectivity index is 1.76. The van der Waals surface area contributed by atoms with Crippen LogP contribution in [-0.2, 0) is 11.2 Å². The number of nitrogens with zero attached hydrogens (tertiary/aromatic N) is 3. The van der Waals surface area contributed by atoms with E-state index in [1.165, 1.54) is 0 Å². The van der Waals surface area contributed by atoms with Crippen LogP contribution in [-0.4, -0.2) is 21.2 Å². The number of nitrogens with one attached hydrogen (secondary N) is 1. The minimum Gasteiger partial charge on any atom is -0.339 e. The SMILES string of the molecule is O=C1C=Cc2ccc3cc2C1CCCCCc1cc(nnn1)N3. The Morgan fingerprint density at radius 3 is 2.96 bits per heavy atom. The maximum atomic E-state index is 12.3. The zero-order chi connectivity index (χ0) is 15.6. The number of aryl methyl sites for hydroxylation is 1. The molecule has 2 heterocycles. The predicted molar refractivity (Wildman–Crippen MR) is 88.5 cm³/mol. The molecule has 1 unspecified atom stereocenters. The molecule has 4 bridgehead atoms. The molecule has 1 aromatic carbocycles. The topological polar surface area (TPSA) is 67.8 Å². The molecular formula is C18H18N4O. The number of ketones is 1. The van der Waals surface area contributed by atoms with Crippen LogP contribution in [0, 0.1) is 0 Å². The van der Waals surface area contributed by atoms with Gasteiger partial charge in [-0.15, -0.1) is 10.2 Å². The Kier molecular flexibility index (Phi) is 3.61. The third kappa shape index (κ3) is 2.86. The highest BCUT2D eigenvalue weighted by Gasteiger charge is 2.24. The summed E-state index contributed by atoms with van der Waals surface area (Å²) in [7, 11) is 0. The van der Waals surface area contributed by atoms with Crippen molar-refractivity contribution in [3.63, 3.8) is 0 Å². The van der Waals surface area contributed by atoms with Crippen LogP contribution < -0.4 is 5.32 Å². The number of fused-ring (bicyclic) bond motifs is 3. The summed E-state index contributed by atoms with van der Waals surface area (Å²) in [5.74, 6) is 0.889. The minimum absolute atomic E-state index is 0.0233. The first-order valence-corrected chi connectivity index (χ1v) is 8.12. The lowest BCUT2D eigenvalue weighted by atomic mass is 9.82. The molecule has 1 aliphatic carbocycles. The molecule has 2 aliphatic rings. The average molecular weight is 306 g/mol. The van der Waals surface area contributed by atoms with Crippen molar-refractivity contribution in [2.45, 2.75) is 38.0 Å². The fraction of sp³-hybridized carbons (Fsp3) is 0.333. The lowest BCUT2D eigenvalue weighted by Gasteiger charge is -2.21. The van der Waals surface area contributed by atoms with Gasteiger partial charge in [0, 0.05) is 17.7 Å². The molecule has 23 heavy (non-hydrogen) atoms. The monoisotopic (exact) mass is 306 g/mol. The number of aromatic nitrogens is 3. The lowest BCUT2D eigenvalue weighted by Crippen LogP contribution is -2.15. The van der Waals surface area contributed by atoms with Gasteiger partial charge in [-0.05, 0) is 53.8 Å². The molecule has 1 aliphatic heterocycles. The van der Waals surface area contributed by atoms with Gasteiger partial charge in [-0.3, -0.25) is 4.79 Å². The second-order valence-corrected chi connectivity index (χ2v) is 6.17. The summed E-state index contributed by atoms with van der Waals surface area (Å²) in [5, 5.41) is 15.3. The Morgan fingerprint density at radius 2 is 2.00 bits per heavy atom. The summed E-state index contributed by atoms with van der Waals surface area (Å²) in [6.45, 7) is 0. The third-order valence-corrected chi connectivity index (χ3v) is 4.56. The van der Waals surface area contributed by atoms with Crippen LogP contribution in [0.15, 0.2) is 30.3 Å². The lowest BCUT2D eigenvalue weighted by molar-refractivity contribution is -0.116. The van der Waals surface area contributed by atoms with E-state index in [-0.39, 0.29) is 11.7 Å². The van der Waals surface area contributed by atoms with Crippen LogP contribution in [0.2, 0.25) is 0 Å². The van der Waals surface area contributed by atoms with E-state index in [0.29, 0.717) is 5.82 Å². The van der Waals surface area contributed by atoms with Crippen molar-refractivity contribution in [1.82, 2.24) is 15.4 Å². The number of carbonyl (C=O) groups excluding carboxylic acids is 1. The first-order chi connectivity index (χ1) is 11.3. The van der Waals surface area contributed by atoms with Crippen molar-refractivity contribution >= 4 is 23.4 Å². The number of hydrogen-bond acceptors (Lipinski definition) is 5. The van der Waals surface area contributed by atoms with Crippen LogP contribution in [0.3, 0.4) is 0 Å². The highest BCUT2D eigenvalue weighted by Crippen LogP contribution is 2.34. The number of hydrogen-bond donors (Lipinski definition) is 1. The van der Waals surface area contributed by atoms with Gasteiger partial charge in [-0.1, -0.05) is 25.0 Å². The molecule has 0 radical (unpaired) electrons. The number of carbonyl (C=O) groups is 1. The molecule has 1 atom stereocenters. The fourth-order valence-electron chi connectivity index (χ4n) is 3.35. The number of rotatable bonds is 0. The molecule has 2 aromatic rings. The first-order valence-electron chi connectivity index (χ1n) is 8.12. The van der Waals surface area contributed by atoms with Crippen molar-refractivity contribution in [1.29, 1.82) is 0 Å². The summed E-state index contributed by atoms with van der Waals surface area (Å²) >= 11 is 0. The highest BCUT2D eigenvalue weighted by atomic mass is 16.1. The van der Waals surface area contributed by atoms with Gasteiger partial charge in [-0.25, -0.2) is 0 Å². The average Bonchev–Trinajstić information content (AvgIpc) is 2.57. The first kappa shape index (κ1) is 14.1. The van der Waals surface area contributed by atoms with Crippen molar-refractivity contribution in [3.8, 4) is 0 Å². The number of allylic oxidation sites excluding steroid dienone is 1. The molecule has 0 saturated carbocycles. The van der Waals surface area contributed by atoms with Crippen LogP contribution in [0.1, 0.15) is 48.4 Å². The van der Waals surface area contributed by atoms with E-state index in [9.17, 15) is 4.79 Å². The van der Waals surface area contributed by atoms with E-state index < -0.39 is 0 Å². The molecule has 0 fully saturated rings. The van der Waals surface area contributed by atoms with Gasteiger partial charge in [0.15, 0.2) is 11.6 Å². The second-order valence-electron chi connectivity index (χ2n) is 6.17. The van der Waals surface area contributed by atoms with Crippen LogP contribution in [0.5, 0.6) is 0 Å². The molecule has 0 saturated heterocycles. The molecule has 1 N–H and O–H groups in total. The zero-order valence-electron chi connectivity index (χ0n) is 12.8. The summed E-state index contributed by atoms with van der Waals surface area (Å²) in [6.07, 6.45) is 8.63. The van der Waals surface area contributed by atoms with E-state index >= 15 is 0 Å². The zero-order valence-corrected chi connectivity index (χ0v) is 12.8. The normalized spacial score (nSPS) is 20.0. The molecular weight excluding hydrogens is 288 g/mol. The molecule has 4 rings (SSSR count). The molecule has 5 heteroatoms.